The number of nitrogens with one attached hydrogen (secondary N) is 4. The molecule has 222 valence electrons. The van der Waals surface area contributed by atoms with E-state index in [4.69, 9.17) is 26.5 Å². The predicted octanol–water partition coefficient (Wildman–Crippen LogP) is 4.79. The zero-order valence-electron chi connectivity index (χ0n) is 23.0. The van der Waals surface area contributed by atoms with Crippen LogP contribution in [0.4, 0.5) is 24.8 Å². The maximum atomic E-state index is 13.7. The van der Waals surface area contributed by atoms with E-state index < -0.39 is 11.7 Å². The summed E-state index contributed by atoms with van der Waals surface area (Å²) in [5.74, 6) is 1.18. The number of nitrogens with zero attached hydrogens (tertiary/aromatic N) is 5. The number of fused-ring (bicyclic) bond motifs is 1. The van der Waals surface area contributed by atoms with Crippen LogP contribution in [0, 0.1) is 5.41 Å². The summed E-state index contributed by atoms with van der Waals surface area (Å²) < 4.78 is 54.5. The van der Waals surface area contributed by atoms with Gasteiger partial charge >= 0.3 is 6.18 Å². The van der Waals surface area contributed by atoms with E-state index in [0.29, 0.717) is 17.0 Å². The highest BCUT2D eigenvalue weighted by molar-refractivity contribution is 6.36. The van der Waals surface area contributed by atoms with Crippen molar-refractivity contribution in [1.82, 2.24) is 30.1 Å². The highest BCUT2D eigenvalue weighted by atomic mass is 35.5. The summed E-state index contributed by atoms with van der Waals surface area (Å²) in [6, 6.07) is 3.63. The molecule has 1 aromatic carbocycles. The van der Waals surface area contributed by atoms with Crippen LogP contribution in [-0.2, 0) is 13.2 Å². The molecule has 2 aromatic heterocycles. The zero-order valence-corrected chi connectivity index (χ0v) is 23.8. The number of allylic oxidation sites excluding steroid dienone is 2. The average Bonchev–Trinajstić information content (AvgIpc) is 3.53. The maximum absolute atomic E-state index is 13.7. The number of alkyl halides is 3. The summed E-state index contributed by atoms with van der Waals surface area (Å²) in [7, 11) is 5.34. The van der Waals surface area contributed by atoms with E-state index in [0.717, 1.165) is 37.7 Å². The van der Waals surface area contributed by atoms with E-state index in [1.54, 1.807) is 24.9 Å². The Morgan fingerprint density at radius 2 is 2.10 bits per heavy atom. The van der Waals surface area contributed by atoms with Crippen molar-refractivity contribution >= 4 is 46.8 Å². The summed E-state index contributed by atoms with van der Waals surface area (Å²) in [6.45, 7) is 1.22. The van der Waals surface area contributed by atoms with Crippen LogP contribution in [-0.4, -0.2) is 65.2 Å². The summed E-state index contributed by atoms with van der Waals surface area (Å²) in [4.78, 5) is 15.1. The molecule has 4 heterocycles. The third-order valence-electron chi connectivity index (χ3n) is 6.98. The average molecular weight is 604 g/mol. The van der Waals surface area contributed by atoms with E-state index in [1.807, 2.05) is 7.05 Å². The predicted molar refractivity (Wildman–Crippen MR) is 155 cm³/mol. The number of imidazole rings is 1. The molecule has 1 saturated heterocycles. The highest BCUT2D eigenvalue weighted by Crippen LogP contribution is 2.37. The Morgan fingerprint density at radius 1 is 1.29 bits per heavy atom. The van der Waals surface area contributed by atoms with E-state index in [1.165, 1.54) is 18.5 Å². The topological polar surface area (TPSA) is 125 Å². The minimum atomic E-state index is -4.58. The van der Waals surface area contributed by atoms with Crippen molar-refractivity contribution in [3.8, 4) is 11.5 Å². The molecule has 11 nitrogen and oxygen atoms in total. The van der Waals surface area contributed by atoms with Crippen molar-refractivity contribution < 1.29 is 22.6 Å². The third kappa shape index (κ3) is 6.14. The van der Waals surface area contributed by atoms with Gasteiger partial charge < -0.3 is 40.3 Å². The molecule has 2 aliphatic heterocycles. The number of likely N-dealkylation sites (N-methyl/N-ethyl adjacent to an activating group) is 1. The summed E-state index contributed by atoms with van der Waals surface area (Å²) in [5.41, 5.74) is 0.332. The number of rotatable bonds is 9. The Balaban J connectivity index is 1.42. The molecule has 0 unspecified atom stereocenters. The zero-order chi connectivity index (χ0) is 30.0. The molecule has 0 radical (unpaired) electrons. The van der Waals surface area contributed by atoms with Crippen molar-refractivity contribution in [2.45, 2.75) is 25.1 Å². The number of ether oxygens (including phenoxy) is 2. The van der Waals surface area contributed by atoms with Gasteiger partial charge in [0.05, 0.1) is 24.2 Å². The largest absolute Gasteiger partial charge is 0.492 e. The van der Waals surface area contributed by atoms with Crippen LogP contribution in [0.1, 0.15) is 18.4 Å². The van der Waals surface area contributed by atoms with Gasteiger partial charge in [-0.15, -0.1) is 0 Å². The number of aromatic nitrogens is 3. The summed E-state index contributed by atoms with van der Waals surface area (Å²) >= 11 is 6.67. The molecule has 2 aliphatic rings. The van der Waals surface area contributed by atoms with Gasteiger partial charge in [0, 0.05) is 38.1 Å². The Labute approximate surface area is 244 Å². The second-order valence-corrected chi connectivity index (χ2v) is 10.1. The molecule has 0 bridgehead atoms. The number of halogens is 4. The minimum Gasteiger partial charge on any atom is -0.492 e. The quantitative estimate of drug-likeness (QED) is 0.203. The summed E-state index contributed by atoms with van der Waals surface area (Å²) in [6.07, 6.45) is 2.84. The molecule has 4 N–H and O–H groups in total. The van der Waals surface area contributed by atoms with Crippen LogP contribution < -0.4 is 25.4 Å². The van der Waals surface area contributed by atoms with Crippen molar-refractivity contribution in [2.24, 2.45) is 12.0 Å². The molecule has 0 spiro atoms. The van der Waals surface area contributed by atoms with Crippen LogP contribution in [0.5, 0.6) is 11.5 Å². The molecule has 42 heavy (non-hydrogen) atoms. The van der Waals surface area contributed by atoms with Gasteiger partial charge in [0.25, 0.3) is 0 Å². The van der Waals surface area contributed by atoms with Crippen molar-refractivity contribution in [1.29, 1.82) is 5.41 Å². The van der Waals surface area contributed by atoms with E-state index >= 15 is 0 Å². The number of benzene rings is 1. The lowest BCUT2D eigenvalue weighted by molar-refractivity contribution is -0.137. The number of anilines is 2. The smallest absolute Gasteiger partial charge is 0.416 e. The normalized spacial score (nSPS) is 18.5. The van der Waals surface area contributed by atoms with Gasteiger partial charge in [0.1, 0.15) is 34.4 Å². The number of likely N-dealkylation sites (tertiary alicyclic amines) is 1. The number of aliphatic imine (C=N–C) groups is 1. The SMILES string of the molecule is CNC1=CN/C(=C(\C=N)Oc2cnc3nc(Nc4cc(OC[C@H]5CCCN5C)cc(C(F)(F)F)c4)n(C)c3c2Cl)C=N1. The lowest BCUT2D eigenvalue weighted by atomic mass is 10.1. The number of aryl methyl sites for hydroxylation is 1. The fourth-order valence-electron chi connectivity index (χ4n) is 4.63. The van der Waals surface area contributed by atoms with E-state index in [-0.39, 0.29) is 52.2 Å². The van der Waals surface area contributed by atoms with Gasteiger partial charge in [-0.25, -0.2) is 9.98 Å². The van der Waals surface area contributed by atoms with Crippen LogP contribution in [0.3, 0.4) is 0 Å². The van der Waals surface area contributed by atoms with Crippen molar-refractivity contribution in [2.75, 3.05) is 32.6 Å². The highest BCUT2D eigenvalue weighted by Gasteiger charge is 2.32. The molecule has 0 aliphatic carbocycles. The fourth-order valence-corrected chi connectivity index (χ4v) is 4.93. The van der Waals surface area contributed by atoms with Gasteiger partial charge in [-0.05, 0) is 38.6 Å². The monoisotopic (exact) mass is 603 g/mol. The first-order valence-corrected chi connectivity index (χ1v) is 13.4. The molecular formula is C27H29ClF3N9O2. The first-order chi connectivity index (χ1) is 20.1. The fraction of sp³-hybridized carbons (Fsp3) is 0.333. The molecule has 1 fully saturated rings. The van der Waals surface area contributed by atoms with Gasteiger partial charge in [-0.3, -0.25) is 0 Å². The van der Waals surface area contributed by atoms with Gasteiger partial charge in [-0.2, -0.15) is 18.2 Å². The van der Waals surface area contributed by atoms with Crippen LogP contribution in [0.15, 0.2) is 52.9 Å². The maximum Gasteiger partial charge on any atom is 0.416 e. The Kier molecular flexibility index (Phi) is 8.27. The molecular weight excluding hydrogens is 575 g/mol. The van der Waals surface area contributed by atoms with Gasteiger partial charge in [0.2, 0.25) is 5.95 Å². The van der Waals surface area contributed by atoms with E-state index in [2.05, 4.69) is 35.8 Å². The number of hydrogen-bond donors (Lipinski definition) is 4. The van der Waals surface area contributed by atoms with Gasteiger partial charge in [0.15, 0.2) is 17.2 Å². The van der Waals surface area contributed by atoms with Crippen molar-refractivity contribution in [3.05, 3.63) is 58.5 Å². The van der Waals surface area contributed by atoms with Crippen LogP contribution >= 0.6 is 11.6 Å². The molecule has 5 rings (SSSR count). The third-order valence-corrected chi connectivity index (χ3v) is 7.34. The lowest BCUT2D eigenvalue weighted by Crippen LogP contribution is -2.30. The van der Waals surface area contributed by atoms with Gasteiger partial charge in [-0.1, -0.05) is 11.6 Å². The molecule has 0 saturated carbocycles. The second-order valence-electron chi connectivity index (χ2n) is 9.77. The first kappa shape index (κ1) is 29.2. The number of pyridine rings is 1. The molecule has 3 aromatic rings. The van der Waals surface area contributed by atoms with Crippen LogP contribution in [0.2, 0.25) is 5.02 Å². The second kappa shape index (κ2) is 11.9. The Hall–Kier alpha value is -4.30. The van der Waals surface area contributed by atoms with Crippen molar-refractivity contribution in [3.63, 3.8) is 0 Å². The van der Waals surface area contributed by atoms with Crippen LogP contribution in [0.25, 0.3) is 11.2 Å². The Bertz CT molecular complexity index is 1600. The van der Waals surface area contributed by atoms with E-state index in [9.17, 15) is 13.2 Å². The molecule has 0 amide bonds. The molecule has 1 atom stereocenters. The lowest BCUT2D eigenvalue weighted by Gasteiger charge is -2.20. The summed E-state index contributed by atoms with van der Waals surface area (Å²) in [5, 5.41) is 16.8. The molecule has 15 heteroatoms. The number of hydrogen-bond acceptors (Lipinski definition) is 10. The first-order valence-electron chi connectivity index (χ1n) is 13.0. The minimum absolute atomic E-state index is 0.0991. The Morgan fingerprint density at radius 3 is 2.74 bits per heavy atom. The standard InChI is InChI=1S/C27H29ClF3N9O2/c1-33-22-13-34-19(11-35-22)20(10-32)42-21-12-36-25-24(23(21)28)40(3)26(38-25)37-16-7-15(27(29,30)31)8-18(9-16)41-14-17-5-4-6-39(17)2/h7-13,17,32-34H,4-6,14H2,1-3H3,(H,36,37,38)/b20-19+,32-10?/t17-/m1/s1.